The molecule has 0 N–H and O–H groups in total. The number of ether oxygens (including phenoxy) is 1. The van der Waals surface area contributed by atoms with E-state index in [1.165, 1.54) is 18.1 Å². The number of carbonyl (C=O) groups is 3. The molecule has 0 radical (unpaired) electrons. The Bertz CT molecular complexity index is 755. The van der Waals surface area contributed by atoms with Crippen LogP contribution in [0, 0.1) is 0 Å². The minimum absolute atomic E-state index is 0.110. The van der Waals surface area contributed by atoms with Crippen LogP contribution in [-0.4, -0.2) is 78.1 Å². The van der Waals surface area contributed by atoms with Crippen molar-refractivity contribution in [2.75, 3.05) is 33.3 Å². The largest absolute Gasteiger partial charge is 0.463 e. The number of urea groups is 1. The number of amides is 3. The number of carbonyl (C=O) groups excluding carboxylic acids is 3. The van der Waals surface area contributed by atoms with E-state index >= 15 is 0 Å². The second-order valence-electron chi connectivity index (χ2n) is 6.77. The normalized spacial score (nSPS) is 19.6. The standard InChI is InChI=1S/C17H20F3N3O5/c1-27-15(25)13-3-2-12(28-13)8-21-6-4-11(5-7-21)22-9-14(24)23(16(22)26)10-17(18,19)20/h2-3,11H,4-10H2,1H3. The van der Waals surface area contributed by atoms with Crippen LogP contribution in [0.5, 0.6) is 0 Å². The Hall–Kier alpha value is -2.56. The van der Waals surface area contributed by atoms with E-state index in [9.17, 15) is 27.6 Å². The van der Waals surface area contributed by atoms with Crippen LogP contribution in [0.3, 0.4) is 0 Å². The molecule has 3 heterocycles. The fraction of sp³-hybridized carbons (Fsp3) is 0.588. The Labute approximate surface area is 158 Å². The lowest BCUT2D eigenvalue weighted by Crippen LogP contribution is -2.47. The van der Waals surface area contributed by atoms with E-state index in [1.54, 1.807) is 6.07 Å². The third kappa shape index (κ3) is 4.46. The van der Waals surface area contributed by atoms with Crippen LogP contribution < -0.4 is 0 Å². The number of nitrogens with zero attached hydrogens (tertiary/aromatic N) is 3. The highest BCUT2D eigenvalue weighted by Crippen LogP contribution is 2.26. The molecule has 0 aliphatic carbocycles. The lowest BCUT2D eigenvalue weighted by atomic mass is 10.0. The van der Waals surface area contributed by atoms with Gasteiger partial charge >= 0.3 is 18.2 Å². The Morgan fingerprint density at radius 3 is 2.54 bits per heavy atom. The number of likely N-dealkylation sites (tertiary alicyclic amines) is 1. The smallest absolute Gasteiger partial charge is 0.406 e. The summed E-state index contributed by atoms with van der Waals surface area (Å²) in [7, 11) is 1.26. The van der Waals surface area contributed by atoms with E-state index in [2.05, 4.69) is 4.74 Å². The zero-order valence-electron chi connectivity index (χ0n) is 15.2. The molecule has 154 valence electrons. The molecule has 3 rings (SSSR count). The summed E-state index contributed by atoms with van der Waals surface area (Å²) in [4.78, 5) is 39.0. The zero-order valence-corrected chi connectivity index (χ0v) is 15.2. The first-order valence-corrected chi connectivity index (χ1v) is 8.75. The Balaban J connectivity index is 1.53. The van der Waals surface area contributed by atoms with Crippen LogP contribution in [-0.2, 0) is 16.1 Å². The molecule has 2 fully saturated rings. The van der Waals surface area contributed by atoms with E-state index in [4.69, 9.17) is 4.42 Å². The van der Waals surface area contributed by atoms with Crippen LogP contribution in [0.1, 0.15) is 29.2 Å². The lowest BCUT2D eigenvalue weighted by molar-refractivity contribution is -0.151. The fourth-order valence-corrected chi connectivity index (χ4v) is 3.46. The zero-order chi connectivity index (χ0) is 20.5. The number of esters is 1. The highest BCUT2D eigenvalue weighted by molar-refractivity contribution is 6.02. The summed E-state index contributed by atoms with van der Waals surface area (Å²) in [6.45, 7) is -0.260. The minimum Gasteiger partial charge on any atom is -0.463 e. The predicted octanol–water partition coefficient (Wildman–Crippen LogP) is 1.86. The van der Waals surface area contributed by atoms with E-state index in [0.29, 0.717) is 38.2 Å². The topological polar surface area (TPSA) is 83.3 Å². The summed E-state index contributed by atoms with van der Waals surface area (Å²) in [5, 5.41) is 0. The van der Waals surface area contributed by atoms with Gasteiger partial charge < -0.3 is 14.1 Å². The highest BCUT2D eigenvalue weighted by atomic mass is 19.4. The maximum atomic E-state index is 12.5. The van der Waals surface area contributed by atoms with E-state index in [0.717, 1.165) is 0 Å². The van der Waals surface area contributed by atoms with E-state index < -0.39 is 30.6 Å². The number of imide groups is 1. The van der Waals surface area contributed by atoms with Gasteiger partial charge in [0.25, 0.3) is 5.91 Å². The van der Waals surface area contributed by atoms with Gasteiger partial charge in [-0.3, -0.25) is 14.6 Å². The molecule has 2 aliphatic rings. The Morgan fingerprint density at radius 1 is 1.25 bits per heavy atom. The van der Waals surface area contributed by atoms with Crippen molar-refractivity contribution in [3.05, 3.63) is 23.7 Å². The number of alkyl halides is 3. The average molecular weight is 403 g/mol. The molecule has 0 unspecified atom stereocenters. The molecule has 8 nitrogen and oxygen atoms in total. The second kappa shape index (κ2) is 7.82. The molecule has 0 bridgehead atoms. The highest BCUT2D eigenvalue weighted by Gasteiger charge is 2.45. The summed E-state index contributed by atoms with van der Waals surface area (Å²) in [6, 6.07) is 2.04. The summed E-state index contributed by atoms with van der Waals surface area (Å²) < 4.78 is 47.6. The van der Waals surface area contributed by atoms with Gasteiger partial charge in [-0.15, -0.1) is 0 Å². The summed E-state index contributed by atoms with van der Waals surface area (Å²) in [5.41, 5.74) is 0. The van der Waals surface area contributed by atoms with Crippen molar-refractivity contribution in [1.29, 1.82) is 0 Å². The number of methoxy groups -OCH3 is 1. The van der Waals surface area contributed by atoms with Gasteiger partial charge in [0.05, 0.1) is 13.7 Å². The predicted molar refractivity (Wildman–Crippen MR) is 88.2 cm³/mol. The molecular formula is C17H20F3N3O5. The Kier molecular flexibility index (Phi) is 5.64. The maximum Gasteiger partial charge on any atom is 0.406 e. The van der Waals surface area contributed by atoms with Crippen molar-refractivity contribution in [2.45, 2.75) is 31.6 Å². The van der Waals surface area contributed by atoms with Gasteiger partial charge in [-0.25, -0.2) is 9.59 Å². The van der Waals surface area contributed by atoms with Crippen LogP contribution in [0.4, 0.5) is 18.0 Å². The van der Waals surface area contributed by atoms with Crippen molar-refractivity contribution in [1.82, 2.24) is 14.7 Å². The third-order valence-corrected chi connectivity index (χ3v) is 4.85. The van der Waals surface area contributed by atoms with Crippen LogP contribution in [0.2, 0.25) is 0 Å². The molecule has 0 saturated carbocycles. The number of hydrogen-bond donors (Lipinski definition) is 0. The molecule has 2 saturated heterocycles. The first-order valence-electron chi connectivity index (χ1n) is 8.75. The summed E-state index contributed by atoms with van der Waals surface area (Å²) >= 11 is 0. The molecule has 1 aromatic rings. The van der Waals surface area contributed by atoms with Gasteiger partial charge in [-0.2, -0.15) is 13.2 Å². The molecule has 11 heteroatoms. The maximum absolute atomic E-state index is 12.5. The number of furan rings is 1. The number of piperidine rings is 1. The van der Waals surface area contributed by atoms with Crippen molar-refractivity contribution >= 4 is 17.9 Å². The molecule has 2 aliphatic heterocycles. The first-order chi connectivity index (χ1) is 13.2. The minimum atomic E-state index is -4.61. The molecular weight excluding hydrogens is 383 g/mol. The van der Waals surface area contributed by atoms with Gasteiger partial charge in [0.15, 0.2) is 0 Å². The number of halogens is 3. The van der Waals surface area contributed by atoms with E-state index in [-0.39, 0.29) is 23.2 Å². The first kappa shape index (κ1) is 20.2. The van der Waals surface area contributed by atoms with Crippen molar-refractivity contribution in [3.63, 3.8) is 0 Å². The Morgan fingerprint density at radius 2 is 1.93 bits per heavy atom. The monoisotopic (exact) mass is 403 g/mol. The average Bonchev–Trinajstić information content (AvgIpc) is 3.21. The van der Waals surface area contributed by atoms with Crippen LogP contribution in [0.15, 0.2) is 16.5 Å². The fourth-order valence-electron chi connectivity index (χ4n) is 3.46. The van der Waals surface area contributed by atoms with Gasteiger partial charge in [-0.05, 0) is 25.0 Å². The number of hydrogen-bond acceptors (Lipinski definition) is 6. The van der Waals surface area contributed by atoms with Gasteiger partial charge in [0, 0.05) is 19.1 Å². The molecule has 3 amide bonds. The lowest BCUT2D eigenvalue weighted by Gasteiger charge is -2.35. The molecule has 0 atom stereocenters. The van der Waals surface area contributed by atoms with Gasteiger partial charge in [0.2, 0.25) is 5.76 Å². The molecule has 28 heavy (non-hydrogen) atoms. The summed E-state index contributed by atoms with van der Waals surface area (Å²) in [6.07, 6.45) is -3.55. The van der Waals surface area contributed by atoms with Crippen molar-refractivity contribution in [3.8, 4) is 0 Å². The summed E-state index contributed by atoms with van der Waals surface area (Å²) in [5.74, 6) is -0.692. The van der Waals surface area contributed by atoms with E-state index in [1.807, 2.05) is 4.90 Å². The van der Waals surface area contributed by atoms with Gasteiger partial charge in [0.1, 0.15) is 18.8 Å². The SMILES string of the molecule is COC(=O)c1ccc(CN2CCC(N3CC(=O)N(CC(F)(F)F)C3=O)CC2)o1. The van der Waals surface area contributed by atoms with Gasteiger partial charge in [-0.1, -0.05) is 0 Å². The molecule has 0 aromatic carbocycles. The van der Waals surface area contributed by atoms with Crippen molar-refractivity contribution in [2.24, 2.45) is 0 Å². The van der Waals surface area contributed by atoms with Crippen LogP contribution >= 0.6 is 0 Å². The quantitative estimate of drug-likeness (QED) is 0.551. The molecule has 1 aromatic heterocycles. The molecule has 0 spiro atoms. The third-order valence-electron chi connectivity index (χ3n) is 4.85. The van der Waals surface area contributed by atoms with Crippen molar-refractivity contribution < 1.29 is 36.7 Å². The van der Waals surface area contributed by atoms with Crippen LogP contribution in [0.25, 0.3) is 0 Å². The second-order valence-corrected chi connectivity index (χ2v) is 6.77. The number of rotatable bonds is 5.